The van der Waals surface area contributed by atoms with Crippen molar-refractivity contribution in [3.63, 3.8) is 0 Å². The van der Waals surface area contributed by atoms with Gasteiger partial charge in [0.05, 0.1) is 12.1 Å². The first-order chi connectivity index (χ1) is 8.37. The lowest BCUT2D eigenvalue weighted by Crippen LogP contribution is -2.36. The van der Waals surface area contributed by atoms with Gasteiger partial charge in [-0.05, 0) is 11.1 Å². The zero-order valence-electron chi connectivity index (χ0n) is 9.37. The molecule has 2 rings (SSSR count). The quantitative estimate of drug-likeness (QED) is 0.849. The van der Waals surface area contributed by atoms with Gasteiger partial charge < -0.3 is 10.4 Å². The number of aliphatic hydroxyl groups excluding tert-OH is 1. The van der Waals surface area contributed by atoms with Crippen molar-refractivity contribution in [1.29, 1.82) is 0 Å². The third-order valence-corrected chi connectivity index (χ3v) is 2.88. The number of carbonyl (C=O) groups is 1. The third-order valence-electron chi connectivity index (χ3n) is 2.88. The van der Waals surface area contributed by atoms with Crippen molar-refractivity contribution in [1.82, 2.24) is 5.32 Å². The Kier molecular flexibility index (Phi) is 3.30. The van der Waals surface area contributed by atoms with Crippen molar-refractivity contribution in [2.45, 2.75) is 31.2 Å². The van der Waals surface area contributed by atoms with Crippen molar-refractivity contribution < 1.29 is 23.1 Å². The monoisotopic (exact) mass is 259 g/mol. The van der Waals surface area contributed by atoms with Crippen LogP contribution in [0.25, 0.3) is 0 Å². The lowest BCUT2D eigenvalue weighted by atomic mass is 10.1. The summed E-state index contributed by atoms with van der Waals surface area (Å²) in [7, 11) is 0. The summed E-state index contributed by atoms with van der Waals surface area (Å²) < 4.78 is 36.1. The van der Waals surface area contributed by atoms with Crippen LogP contribution in [0.2, 0.25) is 0 Å². The van der Waals surface area contributed by atoms with Crippen molar-refractivity contribution in [2.75, 3.05) is 0 Å². The number of halogens is 3. The van der Waals surface area contributed by atoms with Crippen LogP contribution in [0.5, 0.6) is 0 Å². The molecule has 1 aliphatic rings. The molecule has 0 radical (unpaired) electrons. The topological polar surface area (TPSA) is 49.3 Å². The van der Waals surface area contributed by atoms with E-state index in [1.54, 1.807) is 24.3 Å². The van der Waals surface area contributed by atoms with Crippen LogP contribution >= 0.6 is 0 Å². The first-order valence-electron chi connectivity index (χ1n) is 5.49. The van der Waals surface area contributed by atoms with Crippen LogP contribution in [0.15, 0.2) is 24.3 Å². The van der Waals surface area contributed by atoms with E-state index in [1.807, 2.05) is 0 Å². The van der Waals surface area contributed by atoms with Crippen LogP contribution in [0.4, 0.5) is 13.2 Å². The highest BCUT2D eigenvalue weighted by Gasteiger charge is 2.36. The van der Waals surface area contributed by atoms with E-state index in [2.05, 4.69) is 5.32 Å². The van der Waals surface area contributed by atoms with Crippen LogP contribution in [0.1, 0.15) is 23.6 Å². The molecule has 1 aliphatic carbocycles. The number of nitrogens with one attached hydrogen (secondary N) is 1. The Hall–Kier alpha value is -1.56. The van der Waals surface area contributed by atoms with Gasteiger partial charge in [0.15, 0.2) is 0 Å². The summed E-state index contributed by atoms with van der Waals surface area (Å²) in [5.41, 5.74) is 1.53. The molecular weight excluding hydrogens is 247 g/mol. The molecule has 1 aromatic carbocycles. The standard InChI is InChI=1S/C12H12F3NO2/c13-12(14,15)6-10(18)16-11-8-4-2-1-3-7(8)5-9(11)17/h1-4,9,11,17H,5-6H2,(H,16,18)/t9-,11+/m0/s1. The van der Waals surface area contributed by atoms with Crippen LogP contribution in [-0.4, -0.2) is 23.3 Å². The van der Waals surface area contributed by atoms with E-state index in [-0.39, 0.29) is 0 Å². The molecule has 6 heteroatoms. The van der Waals surface area contributed by atoms with Gasteiger partial charge in [-0.2, -0.15) is 13.2 Å². The average molecular weight is 259 g/mol. The van der Waals surface area contributed by atoms with Crippen molar-refractivity contribution >= 4 is 5.91 Å². The van der Waals surface area contributed by atoms with Gasteiger partial charge >= 0.3 is 6.18 Å². The number of alkyl halides is 3. The molecule has 0 spiro atoms. The fourth-order valence-corrected chi connectivity index (χ4v) is 2.15. The van der Waals surface area contributed by atoms with Gasteiger partial charge in [-0.25, -0.2) is 0 Å². The molecule has 0 fully saturated rings. The molecule has 0 saturated heterocycles. The number of carbonyl (C=O) groups excluding carboxylic acids is 1. The molecule has 18 heavy (non-hydrogen) atoms. The summed E-state index contributed by atoms with van der Waals surface area (Å²) in [5.74, 6) is -1.12. The highest BCUT2D eigenvalue weighted by molar-refractivity contribution is 5.77. The summed E-state index contributed by atoms with van der Waals surface area (Å²) in [6, 6.07) is 6.24. The predicted molar refractivity (Wildman–Crippen MR) is 57.7 cm³/mol. The Morgan fingerprint density at radius 2 is 2.06 bits per heavy atom. The smallest absolute Gasteiger partial charge is 0.390 e. The van der Waals surface area contributed by atoms with Gasteiger partial charge in [0.2, 0.25) is 5.91 Å². The lowest BCUT2D eigenvalue weighted by molar-refractivity contribution is -0.154. The Balaban J connectivity index is 2.08. The average Bonchev–Trinajstić information content (AvgIpc) is 2.53. The third kappa shape index (κ3) is 2.81. The maximum absolute atomic E-state index is 12.0. The molecule has 1 aromatic rings. The Labute approximate surface area is 102 Å². The van der Waals surface area contributed by atoms with E-state index in [9.17, 15) is 23.1 Å². The number of fused-ring (bicyclic) bond motifs is 1. The van der Waals surface area contributed by atoms with Crippen molar-refractivity contribution in [3.8, 4) is 0 Å². The molecule has 0 heterocycles. The summed E-state index contributed by atoms with van der Waals surface area (Å²) in [6.07, 6.45) is -6.60. The number of rotatable bonds is 2. The van der Waals surface area contributed by atoms with E-state index < -0.39 is 30.7 Å². The maximum atomic E-state index is 12.0. The number of hydrogen-bond acceptors (Lipinski definition) is 2. The van der Waals surface area contributed by atoms with E-state index in [0.717, 1.165) is 5.56 Å². The van der Waals surface area contributed by atoms with E-state index >= 15 is 0 Å². The predicted octanol–water partition coefficient (Wildman–Crippen LogP) is 1.71. The SMILES string of the molecule is O=C(CC(F)(F)F)N[C@@H]1c2ccccc2C[C@@H]1O. The molecule has 98 valence electrons. The van der Waals surface area contributed by atoms with Crippen LogP contribution in [0, 0.1) is 0 Å². The minimum atomic E-state index is -4.53. The van der Waals surface area contributed by atoms with Gasteiger partial charge in [-0.1, -0.05) is 24.3 Å². The van der Waals surface area contributed by atoms with Crippen LogP contribution in [0.3, 0.4) is 0 Å². The number of benzene rings is 1. The Bertz CT molecular complexity index is 459. The minimum absolute atomic E-state index is 0.340. The van der Waals surface area contributed by atoms with E-state index in [4.69, 9.17) is 0 Å². The van der Waals surface area contributed by atoms with Crippen molar-refractivity contribution in [2.24, 2.45) is 0 Å². The number of amides is 1. The van der Waals surface area contributed by atoms with Crippen molar-refractivity contribution in [3.05, 3.63) is 35.4 Å². The molecule has 0 saturated carbocycles. The molecule has 0 unspecified atom stereocenters. The fourth-order valence-electron chi connectivity index (χ4n) is 2.15. The number of hydrogen-bond donors (Lipinski definition) is 2. The van der Waals surface area contributed by atoms with Gasteiger partial charge in [-0.3, -0.25) is 4.79 Å². The second-order valence-corrected chi connectivity index (χ2v) is 4.31. The first kappa shape index (κ1) is 12.9. The highest BCUT2D eigenvalue weighted by Crippen LogP contribution is 2.31. The zero-order valence-corrected chi connectivity index (χ0v) is 9.37. The summed E-state index contributed by atoms with van der Waals surface area (Å²) in [6.45, 7) is 0. The first-order valence-corrected chi connectivity index (χ1v) is 5.49. The van der Waals surface area contributed by atoms with Crippen LogP contribution in [-0.2, 0) is 11.2 Å². The summed E-state index contributed by atoms with van der Waals surface area (Å²) >= 11 is 0. The van der Waals surface area contributed by atoms with Gasteiger partial charge in [-0.15, -0.1) is 0 Å². The molecule has 3 nitrogen and oxygen atoms in total. The second kappa shape index (κ2) is 4.61. The largest absolute Gasteiger partial charge is 0.397 e. The molecule has 0 aromatic heterocycles. The molecule has 2 N–H and O–H groups in total. The highest BCUT2D eigenvalue weighted by atomic mass is 19.4. The van der Waals surface area contributed by atoms with Crippen LogP contribution < -0.4 is 5.32 Å². The molecule has 0 aliphatic heterocycles. The zero-order chi connectivity index (χ0) is 13.3. The normalized spacial score (nSPS) is 22.7. The maximum Gasteiger partial charge on any atom is 0.397 e. The summed E-state index contributed by atoms with van der Waals surface area (Å²) in [4.78, 5) is 11.2. The molecule has 2 atom stereocenters. The second-order valence-electron chi connectivity index (χ2n) is 4.31. The van der Waals surface area contributed by atoms with Gasteiger partial charge in [0.25, 0.3) is 0 Å². The lowest BCUT2D eigenvalue weighted by Gasteiger charge is -2.18. The molecular formula is C12H12F3NO2. The Morgan fingerprint density at radius 1 is 1.39 bits per heavy atom. The van der Waals surface area contributed by atoms with Gasteiger partial charge in [0.1, 0.15) is 6.42 Å². The van der Waals surface area contributed by atoms with E-state index in [0.29, 0.717) is 12.0 Å². The molecule has 0 bridgehead atoms. The van der Waals surface area contributed by atoms with E-state index in [1.165, 1.54) is 0 Å². The fraction of sp³-hybridized carbons (Fsp3) is 0.417. The van der Waals surface area contributed by atoms with Gasteiger partial charge in [0, 0.05) is 6.42 Å². The minimum Gasteiger partial charge on any atom is -0.390 e. The molecule has 1 amide bonds. The summed E-state index contributed by atoms with van der Waals surface area (Å²) in [5, 5.41) is 12.0. The number of aliphatic hydroxyl groups is 1. The Morgan fingerprint density at radius 3 is 2.72 bits per heavy atom.